The van der Waals surface area contributed by atoms with Crippen LogP contribution in [0.15, 0.2) is 59.0 Å². The van der Waals surface area contributed by atoms with Gasteiger partial charge in [-0.1, -0.05) is 71.1 Å². The maximum atomic E-state index is 12.0. The normalized spacial score (nSPS) is 11.1. The van der Waals surface area contributed by atoms with Crippen molar-refractivity contribution in [3.63, 3.8) is 0 Å². The zero-order chi connectivity index (χ0) is 21.3. The first-order chi connectivity index (χ1) is 14.8. The van der Waals surface area contributed by atoms with Crippen LogP contribution in [0.25, 0.3) is 0 Å². The fraction of sp³-hybridized carbons (Fsp3) is 0.520. The van der Waals surface area contributed by atoms with E-state index in [1.807, 2.05) is 0 Å². The third-order valence-corrected chi connectivity index (χ3v) is 5.00. The van der Waals surface area contributed by atoms with Gasteiger partial charge in [0.15, 0.2) is 0 Å². The van der Waals surface area contributed by atoms with Gasteiger partial charge in [-0.25, -0.2) is 0 Å². The molecule has 2 rings (SSSR count). The second-order valence-corrected chi connectivity index (χ2v) is 7.66. The first kappa shape index (κ1) is 23.7. The Labute approximate surface area is 181 Å². The van der Waals surface area contributed by atoms with E-state index in [4.69, 9.17) is 4.74 Å². The lowest BCUT2D eigenvalue weighted by Crippen LogP contribution is -2.07. The molecule has 0 radical (unpaired) electrons. The second-order valence-electron chi connectivity index (χ2n) is 7.66. The molecule has 0 aliphatic rings. The average molecular weight is 410 g/mol. The summed E-state index contributed by atoms with van der Waals surface area (Å²) in [6, 6.07) is 10.6. The molecule has 0 saturated heterocycles. The largest absolute Gasteiger partial charge is 0.427 e. The van der Waals surface area contributed by atoms with Crippen molar-refractivity contribution in [1.29, 1.82) is 0 Å². The number of carbonyl (C=O) groups excluding carboxylic acids is 1. The fourth-order valence-corrected chi connectivity index (χ4v) is 3.22. The van der Waals surface area contributed by atoms with Gasteiger partial charge in [0.25, 0.3) is 0 Å². The van der Waals surface area contributed by atoms with Crippen LogP contribution >= 0.6 is 0 Å². The quantitative estimate of drug-likeness (QED) is 0.129. The number of hydrogen-bond donors (Lipinski definition) is 0. The van der Waals surface area contributed by atoms with Gasteiger partial charge in [-0.15, -0.1) is 0 Å². The number of hydrogen-bond acceptors (Lipinski definition) is 5. The Morgan fingerprint density at radius 2 is 1.23 bits per heavy atom. The van der Waals surface area contributed by atoms with E-state index in [9.17, 15) is 4.79 Å². The number of ether oxygens (including phenoxy) is 1. The molecule has 5 heteroatoms. The molecule has 0 aliphatic carbocycles. The molecule has 162 valence electrons. The van der Waals surface area contributed by atoms with Crippen LogP contribution in [-0.2, 0) is 4.79 Å². The van der Waals surface area contributed by atoms with E-state index in [0.29, 0.717) is 17.9 Å². The highest BCUT2D eigenvalue weighted by atomic mass is 16.5. The Hall–Kier alpha value is -2.56. The van der Waals surface area contributed by atoms with Crippen LogP contribution in [-0.4, -0.2) is 11.0 Å². The minimum atomic E-state index is -0.169. The molecule has 0 bridgehead atoms. The number of esters is 1. The van der Waals surface area contributed by atoms with Crippen LogP contribution in [0.2, 0.25) is 0 Å². The molecule has 30 heavy (non-hydrogen) atoms. The first-order valence-corrected chi connectivity index (χ1v) is 11.4. The first-order valence-electron chi connectivity index (χ1n) is 11.4. The number of pyridine rings is 1. The molecule has 0 fully saturated rings. The second kappa shape index (κ2) is 15.3. The van der Waals surface area contributed by atoms with Gasteiger partial charge in [0.05, 0.1) is 11.4 Å². The smallest absolute Gasteiger partial charge is 0.311 e. The summed E-state index contributed by atoms with van der Waals surface area (Å²) in [6.45, 7) is 2.25. The number of benzene rings is 1. The van der Waals surface area contributed by atoms with Crippen molar-refractivity contribution in [1.82, 2.24) is 4.98 Å². The SMILES string of the molecule is CCCCCCCCCCCCCC(=O)Oc1ccc(N=Nc2ccncc2)cc1. The number of azo groups is 1. The van der Waals surface area contributed by atoms with Crippen LogP contribution < -0.4 is 4.74 Å². The van der Waals surface area contributed by atoms with E-state index in [1.54, 1.807) is 48.8 Å². The highest BCUT2D eigenvalue weighted by Gasteiger charge is 2.05. The Morgan fingerprint density at radius 1 is 0.733 bits per heavy atom. The Balaban J connectivity index is 1.53. The van der Waals surface area contributed by atoms with Crippen LogP contribution in [0.5, 0.6) is 5.75 Å². The molecule has 0 amide bonds. The molecule has 2 aromatic rings. The van der Waals surface area contributed by atoms with Crippen molar-refractivity contribution < 1.29 is 9.53 Å². The van der Waals surface area contributed by atoms with Crippen molar-refractivity contribution in [2.24, 2.45) is 10.2 Å². The summed E-state index contributed by atoms with van der Waals surface area (Å²) in [7, 11) is 0. The molecule has 0 spiro atoms. The molecule has 0 unspecified atom stereocenters. The minimum Gasteiger partial charge on any atom is -0.427 e. The molecule has 0 N–H and O–H groups in total. The molecular weight excluding hydrogens is 374 g/mol. The third-order valence-electron chi connectivity index (χ3n) is 5.00. The summed E-state index contributed by atoms with van der Waals surface area (Å²) < 4.78 is 5.40. The maximum Gasteiger partial charge on any atom is 0.311 e. The van der Waals surface area contributed by atoms with Crippen LogP contribution in [0.3, 0.4) is 0 Å². The zero-order valence-corrected chi connectivity index (χ0v) is 18.3. The van der Waals surface area contributed by atoms with Crippen molar-refractivity contribution in [3.05, 3.63) is 48.8 Å². The van der Waals surface area contributed by atoms with E-state index in [0.717, 1.165) is 18.5 Å². The topological polar surface area (TPSA) is 63.9 Å². The van der Waals surface area contributed by atoms with E-state index < -0.39 is 0 Å². The van der Waals surface area contributed by atoms with E-state index in [1.165, 1.54) is 57.8 Å². The molecule has 1 heterocycles. The molecular formula is C25H35N3O2. The lowest BCUT2D eigenvalue weighted by molar-refractivity contribution is -0.134. The van der Waals surface area contributed by atoms with Gasteiger partial charge in [-0.2, -0.15) is 10.2 Å². The van der Waals surface area contributed by atoms with Crippen molar-refractivity contribution in [2.45, 2.75) is 84.0 Å². The van der Waals surface area contributed by atoms with Gasteiger partial charge < -0.3 is 4.74 Å². The summed E-state index contributed by atoms with van der Waals surface area (Å²) in [6.07, 6.45) is 17.8. The van der Waals surface area contributed by atoms with E-state index in [-0.39, 0.29) is 5.97 Å². The predicted molar refractivity (Wildman–Crippen MR) is 122 cm³/mol. The van der Waals surface area contributed by atoms with Gasteiger partial charge in [0.1, 0.15) is 5.75 Å². The fourth-order valence-electron chi connectivity index (χ4n) is 3.22. The van der Waals surface area contributed by atoms with Gasteiger partial charge in [0.2, 0.25) is 0 Å². The monoisotopic (exact) mass is 409 g/mol. The lowest BCUT2D eigenvalue weighted by atomic mass is 10.1. The molecule has 0 saturated carbocycles. The molecule has 1 aromatic heterocycles. The van der Waals surface area contributed by atoms with E-state index >= 15 is 0 Å². The van der Waals surface area contributed by atoms with Crippen LogP contribution in [0, 0.1) is 0 Å². The van der Waals surface area contributed by atoms with Gasteiger partial charge >= 0.3 is 5.97 Å². The predicted octanol–water partition coefficient (Wildman–Crippen LogP) is 8.10. The number of rotatable bonds is 15. The molecule has 0 aliphatic heterocycles. The summed E-state index contributed by atoms with van der Waals surface area (Å²) in [5, 5.41) is 8.30. The lowest BCUT2D eigenvalue weighted by Gasteiger charge is -2.05. The number of nitrogens with zero attached hydrogens (tertiary/aromatic N) is 3. The summed E-state index contributed by atoms with van der Waals surface area (Å²) in [4.78, 5) is 15.9. The number of unbranched alkanes of at least 4 members (excludes halogenated alkanes) is 10. The van der Waals surface area contributed by atoms with Crippen LogP contribution in [0.1, 0.15) is 84.0 Å². The van der Waals surface area contributed by atoms with Gasteiger partial charge in [-0.05, 0) is 42.8 Å². The summed E-state index contributed by atoms with van der Waals surface area (Å²) in [5.74, 6) is 0.378. The van der Waals surface area contributed by atoms with Crippen molar-refractivity contribution in [3.8, 4) is 5.75 Å². The van der Waals surface area contributed by atoms with Gasteiger partial charge in [0, 0.05) is 18.8 Å². The van der Waals surface area contributed by atoms with Gasteiger partial charge in [-0.3, -0.25) is 9.78 Å². The zero-order valence-electron chi connectivity index (χ0n) is 18.3. The minimum absolute atomic E-state index is 0.169. The molecule has 1 aromatic carbocycles. The Kier molecular flexibility index (Phi) is 12.1. The van der Waals surface area contributed by atoms with Crippen molar-refractivity contribution >= 4 is 17.3 Å². The van der Waals surface area contributed by atoms with Crippen LogP contribution in [0.4, 0.5) is 11.4 Å². The number of carbonyl (C=O) groups is 1. The number of aromatic nitrogens is 1. The van der Waals surface area contributed by atoms with E-state index in [2.05, 4.69) is 22.1 Å². The Morgan fingerprint density at radius 3 is 1.80 bits per heavy atom. The maximum absolute atomic E-state index is 12.0. The Bertz CT molecular complexity index is 730. The summed E-state index contributed by atoms with van der Waals surface area (Å²) in [5.41, 5.74) is 1.45. The standard InChI is InChI=1S/C25H35N3O2/c1-2-3-4-5-6-7-8-9-10-11-12-13-25(29)30-24-16-14-22(15-17-24)27-28-23-18-20-26-21-19-23/h14-21H,2-13H2,1H3. The highest BCUT2D eigenvalue weighted by Crippen LogP contribution is 2.21. The molecule has 0 atom stereocenters. The molecule has 5 nitrogen and oxygen atoms in total. The average Bonchev–Trinajstić information content (AvgIpc) is 2.78. The highest BCUT2D eigenvalue weighted by molar-refractivity contribution is 5.72. The van der Waals surface area contributed by atoms with Crippen molar-refractivity contribution in [2.75, 3.05) is 0 Å². The third kappa shape index (κ3) is 10.8. The summed E-state index contributed by atoms with van der Waals surface area (Å²) >= 11 is 0.